The summed E-state index contributed by atoms with van der Waals surface area (Å²) >= 11 is 0. The maximum atomic E-state index is 13.5. The van der Waals surface area contributed by atoms with Gasteiger partial charge in [0.1, 0.15) is 0 Å². The summed E-state index contributed by atoms with van der Waals surface area (Å²) in [5.74, 6) is -0.388. The minimum absolute atomic E-state index is 0.190. The van der Waals surface area contributed by atoms with Gasteiger partial charge >= 0.3 is 0 Å². The highest BCUT2D eigenvalue weighted by Gasteiger charge is 2.14. The van der Waals surface area contributed by atoms with Gasteiger partial charge in [-0.1, -0.05) is 12.1 Å². The van der Waals surface area contributed by atoms with E-state index in [0.717, 1.165) is 25.4 Å². The normalized spacial score (nSPS) is 17.2. The number of carbonyl (C=O) groups is 1. The molecule has 1 aromatic heterocycles. The molecule has 2 N–H and O–H groups in total. The standard InChI is InChI=1S/C18H20FN3O/c19-16-2-1-10-21-17(16)18(23)22-15-7-5-13(6-8-15)3-4-14-9-11-20-12-14/h1-2,5-8,10,14,20H,3-4,9,11-12H2,(H,22,23)/t14-/m1/s1. The minimum atomic E-state index is -0.619. The summed E-state index contributed by atoms with van der Waals surface area (Å²) in [6.45, 7) is 2.24. The third kappa shape index (κ3) is 4.13. The van der Waals surface area contributed by atoms with Crippen LogP contribution in [0, 0.1) is 11.7 Å². The molecule has 1 aromatic carbocycles. The first-order valence-electron chi connectivity index (χ1n) is 7.94. The van der Waals surface area contributed by atoms with Crippen LogP contribution in [0.15, 0.2) is 42.6 Å². The zero-order valence-electron chi connectivity index (χ0n) is 12.9. The molecule has 120 valence electrons. The summed E-state index contributed by atoms with van der Waals surface area (Å²) in [5, 5.41) is 6.05. The Morgan fingerprint density at radius 3 is 2.83 bits per heavy atom. The topological polar surface area (TPSA) is 54.0 Å². The Bertz CT molecular complexity index is 666. The van der Waals surface area contributed by atoms with Crippen molar-refractivity contribution < 1.29 is 9.18 Å². The first kappa shape index (κ1) is 15.6. The molecule has 0 unspecified atom stereocenters. The number of carbonyl (C=O) groups excluding carboxylic acids is 1. The quantitative estimate of drug-likeness (QED) is 0.892. The van der Waals surface area contributed by atoms with Crippen molar-refractivity contribution in [3.63, 3.8) is 0 Å². The summed E-state index contributed by atoms with van der Waals surface area (Å²) in [7, 11) is 0. The molecule has 5 heteroatoms. The highest BCUT2D eigenvalue weighted by Crippen LogP contribution is 2.18. The molecule has 1 atom stereocenters. The Labute approximate surface area is 135 Å². The van der Waals surface area contributed by atoms with Crippen molar-refractivity contribution in [2.45, 2.75) is 19.3 Å². The molecule has 0 bridgehead atoms. The van der Waals surface area contributed by atoms with Gasteiger partial charge in [-0.05, 0) is 68.1 Å². The zero-order chi connectivity index (χ0) is 16.1. The molecule has 1 aliphatic heterocycles. The molecule has 1 amide bonds. The number of halogens is 1. The predicted molar refractivity (Wildman–Crippen MR) is 87.9 cm³/mol. The third-order valence-corrected chi connectivity index (χ3v) is 4.19. The van der Waals surface area contributed by atoms with E-state index in [2.05, 4.69) is 15.6 Å². The lowest BCUT2D eigenvalue weighted by Crippen LogP contribution is -2.15. The van der Waals surface area contributed by atoms with Gasteiger partial charge in [0.05, 0.1) is 0 Å². The van der Waals surface area contributed by atoms with Gasteiger partial charge in [0.2, 0.25) is 0 Å². The van der Waals surface area contributed by atoms with E-state index in [-0.39, 0.29) is 5.69 Å². The largest absolute Gasteiger partial charge is 0.321 e. The van der Waals surface area contributed by atoms with E-state index in [1.165, 1.54) is 36.7 Å². The number of benzene rings is 1. The number of rotatable bonds is 5. The molecule has 2 aromatic rings. The van der Waals surface area contributed by atoms with Crippen LogP contribution in [0.2, 0.25) is 0 Å². The summed E-state index contributed by atoms with van der Waals surface area (Å²) in [5.41, 5.74) is 1.70. The van der Waals surface area contributed by atoms with Crippen molar-refractivity contribution >= 4 is 11.6 Å². The molecule has 2 heterocycles. The van der Waals surface area contributed by atoms with E-state index in [1.54, 1.807) is 0 Å². The second-order valence-electron chi connectivity index (χ2n) is 5.88. The number of hydrogen-bond donors (Lipinski definition) is 2. The van der Waals surface area contributed by atoms with Crippen LogP contribution in [-0.4, -0.2) is 24.0 Å². The fraction of sp³-hybridized carbons (Fsp3) is 0.333. The lowest BCUT2D eigenvalue weighted by atomic mass is 9.99. The minimum Gasteiger partial charge on any atom is -0.321 e. The monoisotopic (exact) mass is 313 g/mol. The molecule has 23 heavy (non-hydrogen) atoms. The zero-order valence-corrected chi connectivity index (χ0v) is 12.9. The highest BCUT2D eigenvalue weighted by atomic mass is 19.1. The lowest BCUT2D eigenvalue weighted by molar-refractivity contribution is 0.101. The number of nitrogens with zero attached hydrogens (tertiary/aromatic N) is 1. The molecule has 1 saturated heterocycles. The summed E-state index contributed by atoms with van der Waals surface area (Å²) < 4.78 is 13.5. The molecular weight excluding hydrogens is 293 g/mol. The SMILES string of the molecule is O=C(Nc1ccc(CC[C@@H]2CCNC2)cc1)c1ncccc1F. The number of aryl methyl sites for hydroxylation is 1. The Balaban J connectivity index is 1.56. The van der Waals surface area contributed by atoms with Crippen LogP contribution in [0.25, 0.3) is 0 Å². The maximum absolute atomic E-state index is 13.5. The Morgan fingerprint density at radius 1 is 1.30 bits per heavy atom. The number of hydrogen-bond acceptors (Lipinski definition) is 3. The van der Waals surface area contributed by atoms with Crippen LogP contribution in [0.4, 0.5) is 10.1 Å². The Kier molecular flexibility index (Phi) is 4.98. The van der Waals surface area contributed by atoms with Crippen molar-refractivity contribution in [2.24, 2.45) is 5.92 Å². The van der Waals surface area contributed by atoms with Gasteiger partial charge in [0, 0.05) is 11.9 Å². The first-order chi connectivity index (χ1) is 11.2. The van der Waals surface area contributed by atoms with Crippen molar-refractivity contribution in [2.75, 3.05) is 18.4 Å². The predicted octanol–water partition coefficient (Wildman–Crippen LogP) is 3.02. The fourth-order valence-corrected chi connectivity index (χ4v) is 2.83. The summed E-state index contributed by atoms with van der Waals surface area (Å²) in [6.07, 6.45) is 4.87. The summed E-state index contributed by atoms with van der Waals surface area (Å²) in [4.78, 5) is 15.8. The van der Waals surface area contributed by atoms with Crippen molar-refractivity contribution in [1.29, 1.82) is 0 Å². The van der Waals surface area contributed by atoms with Gasteiger partial charge in [-0.15, -0.1) is 0 Å². The number of nitrogens with one attached hydrogen (secondary N) is 2. The van der Waals surface area contributed by atoms with Gasteiger partial charge < -0.3 is 10.6 Å². The number of aromatic nitrogens is 1. The lowest BCUT2D eigenvalue weighted by Gasteiger charge is -2.09. The van der Waals surface area contributed by atoms with Gasteiger partial charge in [-0.25, -0.2) is 9.37 Å². The van der Waals surface area contributed by atoms with Crippen LogP contribution in [-0.2, 0) is 6.42 Å². The highest BCUT2D eigenvalue weighted by molar-refractivity contribution is 6.02. The van der Waals surface area contributed by atoms with Gasteiger partial charge in [-0.3, -0.25) is 4.79 Å². The molecule has 4 nitrogen and oxygen atoms in total. The second-order valence-corrected chi connectivity index (χ2v) is 5.88. The van der Waals surface area contributed by atoms with E-state index < -0.39 is 11.7 Å². The van der Waals surface area contributed by atoms with Crippen LogP contribution >= 0.6 is 0 Å². The summed E-state index contributed by atoms with van der Waals surface area (Å²) in [6, 6.07) is 10.4. The maximum Gasteiger partial charge on any atom is 0.277 e. The Hall–Kier alpha value is -2.27. The van der Waals surface area contributed by atoms with Crippen molar-refractivity contribution in [1.82, 2.24) is 10.3 Å². The fourth-order valence-electron chi connectivity index (χ4n) is 2.83. The molecule has 1 aliphatic rings. The smallest absolute Gasteiger partial charge is 0.277 e. The van der Waals surface area contributed by atoms with Gasteiger partial charge in [-0.2, -0.15) is 0 Å². The van der Waals surface area contributed by atoms with Gasteiger partial charge in [0.15, 0.2) is 11.5 Å². The van der Waals surface area contributed by atoms with Crippen molar-refractivity contribution in [3.8, 4) is 0 Å². The molecule has 0 saturated carbocycles. The molecule has 3 rings (SSSR count). The van der Waals surface area contributed by atoms with Crippen LogP contribution in [0.5, 0.6) is 0 Å². The molecule has 0 aliphatic carbocycles. The number of pyridine rings is 1. The average Bonchev–Trinajstić information content (AvgIpc) is 3.08. The molecule has 1 fully saturated rings. The number of anilines is 1. The van der Waals surface area contributed by atoms with E-state index in [4.69, 9.17) is 0 Å². The number of amides is 1. The van der Waals surface area contributed by atoms with E-state index in [0.29, 0.717) is 5.69 Å². The second kappa shape index (κ2) is 7.33. The van der Waals surface area contributed by atoms with E-state index in [1.807, 2.05) is 24.3 Å². The van der Waals surface area contributed by atoms with E-state index >= 15 is 0 Å². The third-order valence-electron chi connectivity index (χ3n) is 4.19. The average molecular weight is 313 g/mol. The van der Waals surface area contributed by atoms with Crippen LogP contribution in [0.1, 0.15) is 28.9 Å². The molecule has 0 spiro atoms. The first-order valence-corrected chi connectivity index (χ1v) is 7.94. The Morgan fingerprint density at radius 2 is 2.13 bits per heavy atom. The van der Waals surface area contributed by atoms with Crippen molar-refractivity contribution in [3.05, 3.63) is 59.7 Å². The van der Waals surface area contributed by atoms with E-state index in [9.17, 15) is 9.18 Å². The molecular formula is C18H20FN3O. The molecule has 0 radical (unpaired) electrons. The van der Waals surface area contributed by atoms with Crippen LogP contribution < -0.4 is 10.6 Å². The van der Waals surface area contributed by atoms with Crippen LogP contribution in [0.3, 0.4) is 0 Å². The van der Waals surface area contributed by atoms with Gasteiger partial charge in [0.25, 0.3) is 5.91 Å².